The fraction of sp³-hybridized carbons (Fsp3) is 0.467. The molecule has 0 saturated heterocycles. The molecule has 0 unspecified atom stereocenters. The molecule has 0 aliphatic heterocycles. The highest BCUT2D eigenvalue weighted by Gasteiger charge is 2.14. The molecule has 0 heterocycles. The second kappa shape index (κ2) is 9.90. The quantitative estimate of drug-likeness (QED) is 0.551. The van der Waals surface area contributed by atoms with Crippen LogP contribution in [0.4, 0.5) is 0 Å². The molecular weight excluding hydrogens is 270 g/mol. The van der Waals surface area contributed by atoms with Gasteiger partial charge in [-0.2, -0.15) is 0 Å². The normalized spacial score (nSPS) is 11.7. The van der Waals surface area contributed by atoms with E-state index in [1.807, 2.05) is 30.3 Å². The first-order valence-electron chi connectivity index (χ1n) is 6.96. The second-order valence-corrected chi connectivity index (χ2v) is 4.69. The molecule has 4 N–H and O–H groups in total. The summed E-state index contributed by atoms with van der Waals surface area (Å²) in [6.45, 7) is 0.795. The number of hydrogen-bond donors (Lipinski definition) is 3. The fourth-order valence-electron chi connectivity index (χ4n) is 1.75. The summed E-state index contributed by atoms with van der Waals surface area (Å²) in [6.07, 6.45) is 1.27. The van der Waals surface area contributed by atoms with E-state index >= 15 is 0 Å². The predicted molar refractivity (Wildman–Crippen MR) is 80.6 cm³/mol. The van der Waals surface area contributed by atoms with E-state index in [1.54, 1.807) is 7.11 Å². The molecule has 21 heavy (non-hydrogen) atoms. The van der Waals surface area contributed by atoms with Crippen LogP contribution in [0.25, 0.3) is 0 Å². The maximum absolute atomic E-state index is 11.8. The Morgan fingerprint density at radius 1 is 1.24 bits per heavy atom. The van der Waals surface area contributed by atoms with Crippen molar-refractivity contribution >= 4 is 11.8 Å². The Bertz CT molecular complexity index is 437. The van der Waals surface area contributed by atoms with Gasteiger partial charge in [-0.1, -0.05) is 30.3 Å². The van der Waals surface area contributed by atoms with Crippen molar-refractivity contribution in [1.82, 2.24) is 10.6 Å². The molecule has 0 radical (unpaired) electrons. The van der Waals surface area contributed by atoms with Gasteiger partial charge in [-0.05, 0) is 18.4 Å². The van der Waals surface area contributed by atoms with Gasteiger partial charge in [-0.15, -0.1) is 0 Å². The van der Waals surface area contributed by atoms with Crippen molar-refractivity contribution in [2.45, 2.75) is 18.9 Å². The summed E-state index contributed by atoms with van der Waals surface area (Å²) in [6, 6.07) is 9.22. The zero-order valence-corrected chi connectivity index (χ0v) is 12.3. The maximum Gasteiger partial charge on any atom is 0.239 e. The van der Waals surface area contributed by atoms with E-state index in [0.29, 0.717) is 19.6 Å². The predicted octanol–water partition coefficient (Wildman–Crippen LogP) is -0.175. The minimum absolute atomic E-state index is 0.0679. The summed E-state index contributed by atoms with van der Waals surface area (Å²) >= 11 is 0. The third-order valence-electron chi connectivity index (χ3n) is 2.98. The lowest BCUT2D eigenvalue weighted by Crippen LogP contribution is -2.45. The minimum atomic E-state index is -0.614. The minimum Gasteiger partial charge on any atom is -0.383 e. The third kappa shape index (κ3) is 7.43. The Balaban J connectivity index is 2.20. The van der Waals surface area contributed by atoms with Crippen LogP contribution in [0, 0.1) is 0 Å². The molecule has 0 bridgehead atoms. The zero-order chi connectivity index (χ0) is 15.5. The Morgan fingerprint density at radius 2 is 1.95 bits per heavy atom. The van der Waals surface area contributed by atoms with Crippen LogP contribution in [0.5, 0.6) is 0 Å². The largest absolute Gasteiger partial charge is 0.383 e. The molecule has 116 valence electrons. The van der Waals surface area contributed by atoms with Crippen LogP contribution in [-0.2, 0) is 20.7 Å². The molecule has 6 nitrogen and oxygen atoms in total. The van der Waals surface area contributed by atoms with Gasteiger partial charge in [-0.25, -0.2) is 0 Å². The number of methoxy groups -OCH3 is 1. The number of hydrogen-bond acceptors (Lipinski definition) is 4. The Labute approximate surface area is 125 Å². The SMILES string of the molecule is COCCNC(=O)CNC(=O)[C@@H](N)CCc1ccccc1. The first kappa shape index (κ1) is 17.1. The van der Waals surface area contributed by atoms with E-state index in [0.717, 1.165) is 12.0 Å². The first-order chi connectivity index (χ1) is 10.1. The molecule has 1 aromatic rings. The highest BCUT2D eigenvalue weighted by atomic mass is 16.5. The molecule has 6 heteroatoms. The van der Waals surface area contributed by atoms with Gasteiger partial charge in [0, 0.05) is 13.7 Å². The third-order valence-corrected chi connectivity index (χ3v) is 2.98. The van der Waals surface area contributed by atoms with Crippen molar-refractivity contribution < 1.29 is 14.3 Å². The van der Waals surface area contributed by atoms with Crippen molar-refractivity contribution in [1.29, 1.82) is 0 Å². The van der Waals surface area contributed by atoms with Gasteiger partial charge < -0.3 is 21.1 Å². The van der Waals surface area contributed by atoms with Crippen molar-refractivity contribution in [3.63, 3.8) is 0 Å². The molecule has 0 fully saturated rings. The van der Waals surface area contributed by atoms with Gasteiger partial charge in [0.05, 0.1) is 19.2 Å². The molecule has 0 aliphatic rings. The molecule has 2 amide bonds. The monoisotopic (exact) mass is 293 g/mol. The van der Waals surface area contributed by atoms with E-state index in [-0.39, 0.29) is 18.4 Å². The van der Waals surface area contributed by atoms with E-state index in [1.165, 1.54) is 0 Å². The standard InChI is InChI=1S/C15H23N3O3/c1-21-10-9-17-14(19)11-18-15(20)13(16)8-7-12-5-3-2-4-6-12/h2-6,13H,7-11,16H2,1H3,(H,17,19)(H,18,20)/t13-/m0/s1. The molecule has 0 aliphatic carbocycles. The van der Waals surface area contributed by atoms with Crippen LogP contribution < -0.4 is 16.4 Å². The van der Waals surface area contributed by atoms with Crippen molar-refractivity contribution in [3.05, 3.63) is 35.9 Å². The van der Waals surface area contributed by atoms with E-state index in [9.17, 15) is 9.59 Å². The van der Waals surface area contributed by atoms with Gasteiger partial charge in [0.25, 0.3) is 0 Å². The maximum atomic E-state index is 11.8. The molecule has 1 rings (SSSR count). The summed E-state index contributed by atoms with van der Waals surface area (Å²) in [5.41, 5.74) is 6.95. The number of carbonyl (C=O) groups is 2. The van der Waals surface area contributed by atoms with Crippen LogP contribution in [0.3, 0.4) is 0 Å². The van der Waals surface area contributed by atoms with Gasteiger partial charge in [0.2, 0.25) is 11.8 Å². The Kier molecular flexibility index (Phi) is 8.08. The molecule has 1 aromatic carbocycles. The Hall–Kier alpha value is -1.92. The average Bonchev–Trinajstić information content (AvgIpc) is 2.51. The van der Waals surface area contributed by atoms with E-state index in [4.69, 9.17) is 10.5 Å². The second-order valence-electron chi connectivity index (χ2n) is 4.69. The number of aryl methyl sites for hydroxylation is 1. The van der Waals surface area contributed by atoms with Crippen molar-refractivity contribution in [2.24, 2.45) is 5.73 Å². The summed E-state index contributed by atoms with van der Waals surface area (Å²) in [5, 5.41) is 5.14. The highest BCUT2D eigenvalue weighted by molar-refractivity contribution is 5.87. The molecule has 1 atom stereocenters. The number of benzene rings is 1. The summed E-state index contributed by atoms with van der Waals surface area (Å²) in [4.78, 5) is 23.2. The van der Waals surface area contributed by atoms with Gasteiger partial charge in [-0.3, -0.25) is 9.59 Å². The fourth-order valence-corrected chi connectivity index (χ4v) is 1.75. The number of nitrogens with two attached hydrogens (primary N) is 1. The number of carbonyl (C=O) groups excluding carboxylic acids is 2. The van der Waals surface area contributed by atoms with Crippen molar-refractivity contribution in [3.8, 4) is 0 Å². The number of amides is 2. The summed E-state index contributed by atoms with van der Waals surface area (Å²) in [7, 11) is 1.56. The van der Waals surface area contributed by atoms with Gasteiger partial charge >= 0.3 is 0 Å². The lowest BCUT2D eigenvalue weighted by atomic mass is 10.1. The van der Waals surface area contributed by atoms with E-state index in [2.05, 4.69) is 10.6 Å². The summed E-state index contributed by atoms with van der Waals surface area (Å²) < 4.78 is 4.81. The van der Waals surface area contributed by atoms with Crippen LogP contribution in [0.1, 0.15) is 12.0 Å². The van der Waals surface area contributed by atoms with E-state index < -0.39 is 6.04 Å². The molecule has 0 saturated carbocycles. The van der Waals surface area contributed by atoms with Gasteiger partial charge in [0.15, 0.2) is 0 Å². The smallest absolute Gasteiger partial charge is 0.239 e. The lowest BCUT2D eigenvalue weighted by Gasteiger charge is -2.12. The zero-order valence-electron chi connectivity index (χ0n) is 12.3. The first-order valence-corrected chi connectivity index (χ1v) is 6.96. The van der Waals surface area contributed by atoms with Crippen LogP contribution in [-0.4, -0.2) is 44.7 Å². The summed E-state index contributed by atoms with van der Waals surface area (Å²) in [5.74, 6) is -0.566. The molecule has 0 aromatic heterocycles. The molecular formula is C15H23N3O3. The Morgan fingerprint density at radius 3 is 2.62 bits per heavy atom. The lowest BCUT2D eigenvalue weighted by molar-refractivity contribution is -0.126. The topological polar surface area (TPSA) is 93.5 Å². The number of nitrogens with one attached hydrogen (secondary N) is 2. The number of rotatable bonds is 9. The van der Waals surface area contributed by atoms with Gasteiger partial charge in [0.1, 0.15) is 0 Å². The van der Waals surface area contributed by atoms with Crippen LogP contribution in [0.15, 0.2) is 30.3 Å². The van der Waals surface area contributed by atoms with Crippen molar-refractivity contribution in [2.75, 3.05) is 26.8 Å². The van der Waals surface area contributed by atoms with Crippen LogP contribution in [0.2, 0.25) is 0 Å². The van der Waals surface area contributed by atoms with Crippen LogP contribution >= 0.6 is 0 Å². The number of ether oxygens (including phenoxy) is 1. The highest BCUT2D eigenvalue weighted by Crippen LogP contribution is 2.03. The average molecular weight is 293 g/mol. The molecule has 0 spiro atoms.